The van der Waals surface area contributed by atoms with Gasteiger partial charge in [0.2, 0.25) is 0 Å². The zero-order chi connectivity index (χ0) is 16.1. The molecule has 0 radical (unpaired) electrons. The Bertz CT molecular complexity index is 507. The second-order valence-corrected chi connectivity index (χ2v) is 8.31. The molecule has 5 heteroatoms. The van der Waals surface area contributed by atoms with Crippen LogP contribution in [0.3, 0.4) is 0 Å². The molecule has 0 amide bonds. The zero-order valence-corrected chi connectivity index (χ0v) is 14.0. The van der Waals surface area contributed by atoms with Gasteiger partial charge >= 0.3 is 0 Å². The van der Waals surface area contributed by atoms with Crippen LogP contribution >= 0.6 is 0 Å². The van der Waals surface area contributed by atoms with Crippen LogP contribution in [0.25, 0.3) is 0 Å². The number of alkyl halides is 2. The summed E-state index contributed by atoms with van der Waals surface area (Å²) in [5, 5.41) is 8.09. The topological polar surface area (TPSA) is 30.7 Å². The van der Waals surface area contributed by atoms with Crippen LogP contribution in [0, 0.1) is 11.3 Å². The molecular formula is C16H27F2N3. The Morgan fingerprint density at radius 3 is 2.24 bits per heavy atom. The molecule has 1 unspecified atom stereocenters. The third-order valence-electron chi connectivity index (χ3n) is 4.48. The van der Waals surface area contributed by atoms with Crippen molar-refractivity contribution in [3.8, 4) is 0 Å². The van der Waals surface area contributed by atoms with Gasteiger partial charge in [0, 0.05) is 6.42 Å². The van der Waals surface area contributed by atoms with Gasteiger partial charge in [-0.05, 0) is 51.4 Å². The molecule has 0 N–H and O–H groups in total. The van der Waals surface area contributed by atoms with E-state index >= 15 is 0 Å². The first-order chi connectivity index (χ1) is 9.43. The van der Waals surface area contributed by atoms with Gasteiger partial charge in [-0.2, -0.15) is 8.78 Å². The average molecular weight is 299 g/mol. The lowest BCUT2D eigenvalue weighted by molar-refractivity contribution is -0.0391. The molecule has 0 bridgehead atoms. The lowest BCUT2D eigenvalue weighted by Gasteiger charge is -2.34. The maximum Gasteiger partial charge on any atom is 0.291 e. The van der Waals surface area contributed by atoms with E-state index in [9.17, 15) is 8.78 Å². The fraction of sp³-hybridized carbons (Fsp3) is 0.875. The Hall–Kier alpha value is -1.00. The van der Waals surface area contributed by atoms with E-state index in [1.807, 2.05) is 20.8 Å². The van der Waals surface area contributed by atoms with Gasteiger partial charge in [-0.3, -0.25) is 0 Å². The van der Waals surface area contributed by atoms with Crippen molar-refractivity contribution in [2.75, 3.05) is 0 Å². The fourth-order valence-corrected chi connectivity index (χ4v) is 3.11. The number of fused-ring (bicyclic) bond motifs is 1. The van der Waals surface area contributed by atoms with Gasteiger partial charge < -0.3 is 0 Å². The molecule has 0 aromatic carbocycles. The molecule has 0 saturated carbocycles. The summed E-state index contributed by atoms with van der Waals surface area (Å²) in [6.45, 7) is 12.0. The number of hydrogen-bond donors (Lipinski definition) is 0. The molecule has 1 aromatic heterocycles. The van der Waals surface area contributed by atoms with Crippen LogP contribution < -0.4 is 0 Å². The van der Waals surface area contributed by atoms with E-state index in [1.54, 1.807) is 0 Å². The first-order valence-corrected chi connectivity index (χ1v) is 7.76. The van der Waals surface area contributed by atoms with E-state index < -0.39 is 11.5 Å². The summed E-state index contributed by atoms with van der Waals surface area (Å²) in [5.41, 5.74) is 0.0755. The van der Waals surface area contributed by atoms with E-state index in [0.717, 1.165) is 6.42 Å². The monoisotopic (exact) mass is 299 g/mol. The zero-order valence-electron chi connectivity index (χ0n) is 14.0. The predicted molar refractivity (Wildman–Crippen MR) is 79.4 cm³/mol. The van der Waals surface area contributed by atoms with Crippen LogP contribution in [-0.2, 0) is 17.9 Å². The highest BCUT2D eigenvalue weighted by Crippen LogP contribution is 2.44. The summed E-state index contributed by atoms with van der Waals surface area (Å²) in [6.07, 6.45) is 1.91. The second-order valence-electron chi connectivity index (χ2n) is 8.31. The number of nitrogens with zero attached hydrogens (tertiary/aromatic N) is 3. The van der Waals surface area contributed by atoms with E-state index in [0.29, 0.717) is 18.5 Å². The van der Waals surface area contributed by atoms with Gasteiger partial charge in [0.1, 0.15) is 5.69 Å². The molecule has 3 nitrogen and oxygen atoms in total. The van der Waals surface area contributed by atoms with E-state index in [4.69, 9.17) is 0 Å². The highest BCUT2D eigenvalue weighted by molar-refractivity contribution is 5.19. The Morgan fingerprint density at radius 1 is 1.10 bits per heavy atom. The highest BCUT2D eigenvalue weighted by atomic mass is 19.3. The van der Waals surface area contributed by atoms with E-state index in [1.165, 1.54) is 4.68 Å². The summed E-state index contributed by atoms with van der Waals surface area (Å²) in [6, 6.07) is 0. The number of rotatable bonds is 0. The van der Waals surface area contributed by atoms with Gasteiger partial charge in [-0.1, -0.05) is 26.0 Å². The molecule has 120 valence electrons. The SMILES string of the molecule is CC(C)(C)C1CCc2nnn(C(C)(C)C)c2C(F)(F)CC1. The smallest absolute Gasteiger partial charge is 0.238 e. The summed E-state index contributed by atoms with van der Waals surface area (Å²) in [5.74, 6) is -2.56. The summed E-state index contributed by atoms with van der Waals surface area (Å²) >= 11 is 0. The fourth-order valence-electron chi connectivity index (χ4n) is 3.11. The molecule has 1 aliphatic carbocycles. The largest absolute Gasteiger partial charge is 0.291 e. The van der Waals surface area contributed by atoms with Crippen molar-refractivity contribution in [3.63, 3.8) is 0 Å². The van der Waals surface area contributed by atoms with Crippen LogP contribution in [0.5, 0.6) is 0 Å². The maximum absolute atomic E-state index is 14.7. The number of hydrogen-bond acceptors (Lipinski definition) is 2. The third-order valence-corrected chi connectivity index (χ3v) is 4.48. The summed E-state index contributed by atoms with van der Waals surface area (Å²) < 4.78 is 30.9. The minimum absolute atomic E-state index is 0.0300. The van der Waals surface area contributed by atoms with Crippen LogP contribution in [-0.4, -0.2) is 15.0 Å². The molecule has 0 spiro atoms. The van der Waals surface area contributed by atoms with Gasteiger partial charge in [0.15, 0.2) is 0 Å². The van der Waals surface area contributed by atoms with E-state index in [2.05, 4.69) is 31.1 Å². The van der Waals surface area contributed by atoms with Crippen LogP contribution in [0.4, 0.5) is 8.78 Å². The normalized spacial score (nSPS) is 23.3. The molecule has 0 aliphatic heterocycles. The quantitative estimate of drug-likeness (QED) is 0.705. The molecule has 21 heavy (non-hydrogen) atoms. The van der Waals surface area contributed by atoms with Gasteiger partial charge in [0.05, 0.1) is 11.2 Å². The summed E-state index contributed by atoms with van der Waals surface area (Å²) in [4.78, 5) is 0. The molecule has 1 aromatic rings. The number of halogens is 2. The van der Waals surface area contributed by atoms with Crippen LogP contribution in [0.1, 0.15) is 72.2 Å². The first kappa shape index (κ1) is 16.4. The second kappa shape index (κ2) is 5.03. The summed E-state index contributed by atoms with van der Waals surface area (Å²) in [7, 11) is 0. The van der Waals surface area contributed by atoms with Crippen molar-refractivity contribution in [2.45, 2.75) is 78.7 Å². The van der Waals surface area contributed by atoms with Gasteiger partial charge in [-0.25, -0.2) is 4.68 Å². The number of aryl methyl sites for hydroxylation is 1. The Balaban J connectivity index is 2.42. The van der Waals surface area contributed by atoms with Crippen molar-refractivity contribution >= 4 is 0 Å². The molecular weight excluding hydrogens is 272 g/mol. The molecule has 0 fully saturated rings. The third kappa shape index (κ3) is 3.27. The van der Waals surface area contributed by atoms with Crippen molar-refractivity contribution in [1.82, 2.24) is 15.0 Å². The van der Waals surface area contributed by atoms with Crippen LogP contribution in [0.2, 0.25) is 0 Å². The molecule has 2 rings (SSSR count). The van der Waals surface area contributed by atoms with Crippen molar-refractivity contribution < 1.29 is 8.78 Å². The van der Waals surface area contributed by atoms with Gasteiger partial charge in [0.25, 0.3) is 5.92 Å². The first-order valence-electron chi connectivity index (χ1n) is 7.76. The molecule has 0 saturated heterocycles. The minimum Gasteiger partial charge on any atom is -0.238 e. The Labute approximate surface area is 126 Å². The van der Waals surface area contributed by atoms with Crippen molar-refractivity contribution in [2.24, 2.45) is 11.3 Å². The average Bonchev–Trinajstić information content (AvgIpc) is 2.68. The molecule has 1 aliphatic rings. The molecule has 1 heterocycles. The predicted octanol–water partition coefficient (Wildman–Crippen LogP) is 4.51. The Morgan fingerprint density at radius 2 is 1.71 bits per heavy atom. The standard InChI is InChI=1S/C16H27F2N3/c1-14(2,3)11-7-8-12-13(16(17,18)10-9-11)21(20-19-12)15(4,5)6/h11H,7-10H2,1-6H3. The van der Waals surface area contributed by atoms with Crippen molar-refractivity contribution in [3.05, 3.63) is 11.4 Å². The van der Waals surface area contributed by atoms with Gasteiger partial charge in [-0.15, -0.1) is 5.10 Å². The van der Waals surface area contributed by atoms with E-state index in [-0.39, 0.29) is 23.4 Å². The highest BCUT2D eigenvalue weighted by Gasteiger charge is 2.43. The lowest BCUT2D eigenvalue weighted by Crippen LogP contribution is -2.33. The lowest BCUT2D eigenvalue weighted by atomic mass is 9.73. The minimum atomic E-state index is -2.85. The number of aromatic nitrogens is 3. The Kier molecular flexibility index (Phi) is 3.92. The van der Waals surface area contributed by atoms with Crippen LogP contribution in [0.15, 0.2) is 0 Å². The molecule has 1 atom stereocenters. The van der Waals surface area contributed by atoms with Crippen molar-refractivity contribution in [1.29, 1.82) is 0 Å². The maximum atomic E-state index is 14.7.